The molecule has 0 aromatic carbocycles. The van der Waals surface area contributed by atoms with Gasteiger partial charge in [0.1, 0.15) is 10.8 Å². The van der Waals surface area contributed by atoms with Gasteiger partial charge in [-0.15, -0.1) is 11.3 Å². The number of hydrogen-bond acceptors (Lipinski definition) is 5. The maximum Gasteiger partial charge on any atom is 0.225 e. The van der Waals surface area contributed by atoms with Gasteiger partial charge in [0.15, 0.2) is 5.65 Å². The summed E-state index contributed by atoms with van der Waals surface area (Å²) < 4.78 is 15.6. The minimum Gasteiger partial charge on any atom is -0.367 e. The van der Waals surface area contributed by atoms with Crippen LogP contribution in [0.3, 0.4) is 0 Å². The number of H-pyrrole nitrogens is 1. The Kier molecular flexibility index (Phi) is 3.67. The van der Waals surface area contributed by atoms with Crippen molar-refractivity contribution in [3.8, 4) is 21.8 Å². The molecule has 5 heterocycles. The predicted molar refractivity (Wildman–Crippen MR) is 102 cm³/mol. The molecule has 4 aromatic heterocycles. The second kappa shape index (κ2) is 6.17. The van der Waals surface area contributed by atoms with Gasteiger partial charge in [-0.2, -0.15) is 4.39 Å². The average molecular weight is 365 g/mol. The molecule has 26 heavy (non-hydrogen) atoms. The zero-order valence-electron chi connectivity index (χ0n) is 13.9. The molecule has 5 nitrogen and oxygen atoms in total. The Balaban J connectivity index is 1.52. The third-order valence-electron chi connectivity index (χ3n) is 4.64. The minimum absolute atomic E-state index is 0.430. The SMILES string of the molecule is Fc1nc(N2CCCC2)ccc1-c1nc2nc(-c3cc[nH]c3)ccc2s1. The van der Waals surface area contributed by atoms with Crippen LogP contribution in [0.1, 0.15) is 12.8 Å². The van der Waals surface area contributed by atoms with Crippen molar-refractivity contribution in [2.24, 2.45) is 0 Å². The highest BCUT2D eigenvalue weighted by atomic mass is 32.1. The first-order valence-electron chi connectivity index (χ1n) is 8.60. The number of pyridine rings is 2. The van der Waals surface area contributed by atoms with Crippen molar-refractivity contribution < 1.29 is 4.39 Å². The molecular formula is C19H16FN5S. The third kappa shape index (κ3) is 2.64. The Morgan fingerprint density at radius 2 is 1.88 bits per heavy atom. The lowest BCUT2D eigenvalue weighted by Gasteiger charge is -2.16. The Morgan fingerprint density at radius 1 is 1.00 bits per heavy atom. The van der Waals surface area contributed by atoms with Crippen LogP contribution in [-0.2, 0) is 0 Å². The molecule has 1 aliphatic rings. The number of hydrogen-bond donors (Lipinski definition) is 1. The van der Waals surface area contributed by atoms with Gasteiger partial charge in [0, 0.05) is 31.0 Å². The number of fused-ring (bicyclic) bond motifs is 1. The molecule has 1 aliphatic heterocycles. The van der Waals surface area contributed by atoms with E-state index in [1.807, 2.05) is 36.7 Å². The van der Waals surface area contributed by atoms with E-state index < -0.39 is 5.95 Å². The average Bonchev–Trinajstić information content (AvgIpc) is 3.41. The highest BCUT2D eigenvalue weighted by molar-refractivity contribution is 7.21. The summed E-state index contributed by atoms with van der Waals surface area (Å²) in [5.74, 6) is 0.233. The highest BCUT2D eigenvalue weighted by Gasteiger charge is 2.18. The fourth-order valence-electron chi connectivity index (χ4n) is 3.28. The van der Waals surface area contributed by atoms with Gasteiger partial charge in [0.2, 0.25) is 5.95 Å². The van der Waals surface area contributed by atoms with E-state index in [0.717, 1.165) is 41.9 Å². The zero-order valence-corrected chi connectivity index (χ0v) is 14.8. The molecule has 1 saturated heterocycles. The lowest BCUT2D eigenvalue weighted by Crippen LogP contribution is -2.19. The zero-order chi connectivity index (χ0) is 17.5. The first-order chi connectivity index (χ1) is 12.8. The Morgan fingerprint density at radius 3 is 2.65 bits per heavy atom. The summed E-state index contributed by atoms with van der Waals surface area (Å²) in [6.45, 7) is 1.89. The monoisotopic (exact) mass is 365 g/mol. The van der Waals surface area contributed by atoms with Crippen LogP contribution in [0.2, 0.25) is 0 Å². The summed E-state index contributed by atoms with van der Waals surface area (Å²) in [5, 5.41) is 0.608. The molecular weight excluding hydrogens is 349 g/mol. The fourth-order valence-corrected chi connectivity index (χ4v) is 4.21. The summed E-state index contributed by atoms with van der Waals surface area (Å²) in [5.41, 5.74) is 2.91. The first-order valence-corrected chi connectivity index (χ1v) is 9.42. The summed E-state index contributed by atoms with van der Waals surface area (Å²) in [6, 6.07) is 9.56. The largest absolute Gasteiger partial charge is 0.367 e. The van der Waals surface area contributed by atoms with Crippen molar-refractivity contribution in [3.63, 3.8) is 0 Å². The fraction of sp³-hybridized carbons (Fsp3) is 0.211. The van der Waals surface area contributed by atoms with Crippen molar-refractivity contribution >= 4 is 27.5 Å². The van der Waals surface area contributed by atoms with Crippen LogP contribution < -0.4 is 4.90 Å². The van der Waals surface area contributed by atoms with E-state index in [1.54, 1.807) is 6.07 Å². The van der Waals surface area contributed by atoms with Crippen LogP contribution in [0.4, 0.5) is 10.2 Å². The number of aromatic nitrogens is 4. The van der Waals surface area contributed by atoms with Gasteiger partial charge in [0.05, 0.1) is 16.0 Å². The van der Waals surface area contributed by atoms with Crippen LogP contribution in [-0.4, -0.2) is 33.0 Å². The van der Waals surface area contributed by atoms with Gasteiger partial charge >= 0.3 is 0 Å². The van der Waals surface area contributed by atoms with Crippen LogP contribution in [0.5, 0.6) is 0 Å². The Hall–Kier alpha value is -2.80. The number of halogens is 1. The standard InChI is InChI=1S/C19H16FN5S/c20-17-13(3-6-16(23-17)25-9-1-2-10-25)19-24-18-15(26-19)5-4-14(22-18)12-7-8-21-11-12/h3-8,11,21H,1-2,9-10H2. The molecule has 7 heteroatoms. The van der Waals surface area contributed by atoms with Crippen molar-refractivity contribution in [3.05, 3.63) is 48.7 Å². The van der Waals surface area contributed by atoms with Gasteiger partial charge < -0.3 is 9.88 Å². The quantitative estimate of drug-likeness (QED) is 0.544. The normalized spacial score (nSPS) is 14.4. The van der Waals surface area contributed by atoms with Gasteiger partial charge in [-0.25, -0.2) is 15.0 Å². The Bertz CT molecular complexity index is 1070. The molecule has 0 atom stereocenters. The van der Waals surface area contributed by atoms with Crippen molar-refractivity contribution in [2.75, 3.05) is 18.0 Å². The van der Waals surface area contributed by atoms with Crippen molar-refractivity contribution in [1.82, 2.24) is 19.9 Å². The smallest absolute Gasteiger partial charge is 0.225 e. The number of nitrogens with one attached hydrogen (secondary N) is 1. The van der Waals surface area contributed by atoms with Gasteiger partial charge in [-0.05, 0) is 43.2 Å². The second-order valence-electron chi connectivity index (χ2n) is 6.34. The molecule has 0 saturated carbocycles. The molecule has 130 valence electrons. The lowest BCUT2D eigenvalue weighted by molar-refractivity contribution is 0.586. The van der Waals surface area contributed by atoms with E-state index in [0.29, 0.717) is 22.0 Å². The number of thiazole rings is 1. The molecule has 0 unspecified atom stereocenters. The van der Waals surface area contributed by atoms with Crippen molar-refractivity contribution in [1.29, 1.82) is 0 Å². The summed E-state index contributed by atoms with van der Waals surface area (Å²) in [6.07, 6.45) is 6.02. The van der Waals surface area contributed by atoms with Crippen LogP contribution in [0.25, 0.3) is 32.2 Å². The molecule has 5 rings (SSSR count). The van der Waals surface area contributed by atoms with Crippen LogP contribution in [0, 0.1) is 5.95 Å². The number of anilines is 1. The van der Waals surface area contributed by atoms with Gasteiger partial charge in [-0.3, -0.25) is 0 Å². The molecule has 4 aromatic rings. The highest BCUT2D eigenvalue weighted by Crippen LogP contribution is 2.33. The van der Waals surface area contributed by atoms with Gasteiger partial charge in [-0.1, -0.05) is 0 Å². The molecule has 0 bridgehead atoms. The summed E-state index contributed by atoms with van der Waals surface area (Å²) >= 11 is 1.43. The number of aromatic amines is 1. The summed E-state index contributed by atoms with van der Waals surface area (Å²) in [7, 11) is 0. The van der Waals surface area contributed by atoms with E-state index in [4.69, 9.17) is 0 Å². The second-order valence-corrected chi connectivity index (χ2v) is 7.37. The van der Waals surface area contributed by atoms with E-state index in [1.165, 1.54) is 11.3 Å². The summed E-state index contributed by atoms with van der Waals surface area (Å²) in [4.78, 5) is 18.5. The Labute approximate surface area is 153 Å². The van der Waals surface area contributed by atoms with E-state index in [2.05, 4.69) is 24.8 Å². The molecule has 0 spiro atoms. The predicted octanol–water partition coefficient (Wildman–Crippen LogP) is 4.49. The molecule has 0 amide bonds. The minimum atomic E-state index is -0.473. The lowest BCUT2D eigenvalue weighted by atomic mass is 10.2. The molecule has 1 fully saturated rings. The first kappa shape index (κ1) is 15.5. The molecule has 1 N–H and O–H groups in total. The van der Waals surface area contributed by atoms with Gasteiger partial charge in [0.25, 0.3) is 0 Å². The maximum atomic E-state index is 14.6. The van der Waals surface area contributed by atoms with E-state index in [-0.39, 0.29) is 0 Å². The van der Waals surface area contributed by atoms with Crippen LogP contribution in [0.15, 0.2) is 42.7 Å². The van der Waals surface area contributed by atoms with E-state index in [9.17, 15) is 4.39 Å². The number of rotatable bonds is 3. The maximum absolute atomic E-state index is 14.6. The van der Waals surface area contributed by atoms with Crippen molar-refractivity contribution in [2.45, 2.75) is 12.8 Å². The number of nitrogens with zero attached hydrogens (tertiary/aromatic N) is 4. The molecule has 0 radical (unpaired) electrons. The molecule has 0 aliphatic carbocycles. The van der Waals surface area contributed by atoms with E-state index >= 15 is 0 Å². The third-order valence-corrected chi connectivity index (χ3v) is 5.68. The van der Waals surface area contributed by atoms with Crippen LogP contribution >= 0.6 is 11.3 Å². The topological polar surface area (TPSA) is 57.7 Å².